The number of hydrogen-bond acceptors (Lipinski definition) is 19. The van der Waals surface area contributed by atoms with Crippen LogP contribution < -0.4 is 9.47 Å². The molecule has 9 N–H and O–H groups in total. The Labute approximate surface area is 315 Å². The molecule has 19 heteroatoms. The number of phenols is 2. The monoisotopic (exact) mass is 784 g/mol. The number of benzene rings is 2. The smallest absolute Gasteiger partial charge is 0.331 e. The van der Waals surface area contributed by atoms with Gasteiger partial charge in [0.05, 0.1) is 46.8 Å². The highest BCUT2D eigenvalue weighted by Gasteiger charge is 2.54. The summed E-state index contributed by atoms with van der Waals surface area (Å²) in [7, 11) is 2.75. The molecule has 2 aromatic rings. The summed E-state index contributed by atoms with van der Waals surface area (Å²) in [5.74, 6) is -0.850. The first kappa shape index (κ1) is 42.5. The minimum absolute atomic E-state index is 0.102. The van der Waals surface area contributed by atoms with Crippen LogP contribution in [0.3, 0.4) is 0 Å². The molecule has 0 aliphatic carbocycles. The van der Waals surface area contributed by atoms with E-state index in [1.807, 2.05) is 0 Å². The van der Waals surface area contributed by atoms with E-state index in [0.29, 0.717) is 11.1 Å². The van der Waals surface area contributed by atoms with Gasteiger partial charge in [-0.15, -0.1) is 0 Å². The first-order valence-corrected chi connectivity index (χ1v) is 17.4. The lowest BCUT2D eigenvalue weighted by Crippen LogP contribution is -2.65. The summed E-state index contributed by atoms with van der Waals surface area (Å²) in [6.07, 6.45) is -16.4. The fourth-order valence-electron chi connectivity index (χ4n) is 6.19. The Hall–Kier alpha value is -3.67. The molecule has 5 rings (SSSR count). The number of esters is 1. The summed E-state index contributed by atoms with van der Waals surface area (Å²) in [6, 6.07) is 9.00. The van der Waals surface area contributed by atoms with E-state index in [-0.39, 0.29) is 36.0 Å². The summed E-state index contributed by atoms with van der Waals surface area (Å²) >= 11 is 0. The van der Waals surface area contributed by atoms with Gasteiger partial charge in [0.1, 0.15) is 48.3 Å². The number of hydrogen-bond donors (Lipinski definition) is 9. The van der Waals surface area contributed by atoms with Crippen molar-refractivity contribution in [2.45, 2.75) is 92.8 Å². The van der Waals surface area contributed by atoms with Gasteiger partial charge in [-0.3, -0.25) is 0 Å². The highest BCUT2D eigenvalue weighted by atomic mass is 16.8. The summed E-state index contributed by atoms with van der Waals surface area (Å²) in [5.41, 5.74) is -0.974. The van der Waals surface area contributed by atoms with Crippen molar-refractivity contribution in [1.29, 1.82) is 0 Å². The highest BCUT2D eigenvalue weighted by molar-refractivity contribution is 5.87. The van der Waals surface area contributed by atoms with Crippen LogP contribution in [-0.2, 0) is 44.4 Å². The molecule has 3 saturated heterocycles. The third-order valence-corrected chi connectivity index (χ3v) is 9.50. The molecule has 0 unspecified atom stereocenters. The van der Waals surface area contributed by atoms with Crippen LogP contribution in [0.1, 0.15) is 18.1 Å². The molecule has 19 nitrogen and oxygen atoms in total. The van der Waals surface area contributed by atoms with Crippen molar-refractivity contribution in [2.75, 3.05) is 40.6 Å². The van der Waals surface area contributed by atoms with Crippen molar-refractivity contribution in [3.05, 3.63) is 53.6 Å². The van der Waals surface area contributed by atoms with Gasteiger partial charge in [-0.05, 0) is 54.8 Å². The van der Waals surface area contributed by atoms with Gasteiger partial charge in [-0.2, -0.15) is 0 Å². The average Bonchev–Trinajstić information content (AvgIpc) is 3.46. The van der Waals surface area contributed by atoms with Crippen LogP contribution in [0.2, 0.25) is 0 Å². The van der Waals surface area contributed by atoms with Crippen LogP contribution >= 0.6 is 0 Å². The Balaban J connectivity index is 1.42. The molecule has 0 spiro atoms. The van der Waals surface area contributed by atoms with Crippen molar-refractivity contribution < 1.29 is 93.4 Å². The van der Waals surface area contributed by atoms with Gasteiger partial charge in [-0.25, -0.2) is 4.79 Å². The molecule has 0 radical (unpaired) electrons. The van der Waals surface area contributed by atoms with Gasteiger partial charge in [0.25, 0.3) is 0 Å². The molecule has 0 bridgehead atoms. The molecule has 3 heterocycles. The van der Waals surface area contributed by atoms with Gasteiger partial charge >= 0.3 is 5.97 Å². The average molecular weight is 785 g/mol. The van der Waals surface area contributed by atoms with Gasteiger partial charge in [0.2, 0.25) is 0 Å². The number of carbonyl (C=O) groups is 1. The lowest BCUT2D eigenvalue weighted by atomic mass is 9.96. The third-order valence-electron chi connectivity index (χ3n) is 9.50. The summed E-state index contributed by atoms with van der Waals surface area (Å²) in [4.78, 5) is 13.4. The van der Waals surface area contributed by atoms with Crippen molar-refractivity contribution >= 4 is 12.0 Å². The van der Waals surface area contributed by atoms with E-state index in [9.17, 15) is 50.8 Å². The van der Waals surface area contributed by atoms with Crippen molar-refractivity contribution in [3.63, 3.8) is 0 Å². The minimum atomic E-state index is -2.04. The minimum Gasteiger partial charge on any atom is -0.504 e. The van der Waals surface area contributed by atoms with E-state index in [1.54, 1.807) is 12.1 Å². The Kier molecular flexibility index (Phi) is 14.3. The Morgan fingerprint density at radius 2 is 1.60 bits per heavy atom. The van der Waals surface area contributed by atoms with Crippen LogP contribution in [0.4, 0.5) is 0 Å². The standard InChI is InChI=1S/C36H48O19/c1-17-26(41)27(42)28(43)34(52-17)55-31-29(44)33(49-11-10-19-5-8-22(47-2)21(39)12-19)53-24(14-50-35-32(45)36(46,15-37)16-51-35)30(31)54-25(40)9-6-18-4-7-20(38)23(13-18)48-3/h4-9,12-13,17,24,26-35,37-39,41-46H,10-11,14-16H2,1-3H3/t17-,24+,26+,27-,28+,29+,30-,31-,32-,33+,34+,35-,36+/m0/s1. The molecular weight excluding hydrogens is 736 g/mol. The molecule has 2 aromatic carbocycles. The number of methoxy groups -OCH3 is 2. The zero-order chi connectivity index (χ0) is 40.0. The fourth-order valence-corrected chi connectivity index (χ4v) is 6.19. The molecule has 3 aliphatic heterocycles. The number of rotatable bonds is 15. The lowest BCUT2D eigenvalue weighted by Gasteiger charge is -2.46. The molecular formula is C36H48O19. The van der Waals surface area contributed by atoms with Gasteiger partial charge in [0.15, 0.2) is 48.0 Å². The largest absolute Gasteiger partial charge is 0.504 e. The molecule has 55 heavy (non-hydrogen) atoms. The number of phenolic OH excluding ortho intramolecular Hbond substituents is 2. The van der Waals surface area contributed by atoms with Crippen LogP contribution in [-0.4, -0.2) is 172 Å². The van der Waals surface area contributed by atoms with Gasteiger partial charge in [-0.1, -0.05) is 12.1 Å². The van der Waals surface area contributed by atoms with Crippen molar-refractivity contribution in [2.24, 2.45) is 0 Å². The molecule has 0 amide bonds. The Morgan fingerprint density at radius 1 is 0.855 bits per heavy atom. The summed E-state index contributed by atoms with van der Waals surface area (Å²) in [5, 5.41) is 94.0. The molecule has 3 fully saturated rings. The maximum atomic E-state index is 13.4. The zero-order valence-electron chi connectivity index (χ0n) is 30.2. The van der Waals surface area contributed by atoms with Crippen LogP contribution in [0.5, 0.6) is 23.0 Å². The summed E-state index contributed by atoms with van der Waals surface area (Å²) < 4.78 is 50.6. The van der Waals surface area contributed by atoms with E-state index in [1.165, 1.54) is 51.5 Å². The molecule has 306 valence electrons. The second-order valence-corrected chi connectivity index (χ2v) is 13.3. The second-order valence-electron chi connectivity index (χ2n) is 13.3. The van der Waals surface area contributed by atoms with E-state index in [0.717, 1.165) is 6.08 Å². The molecule has 13 atom stereocenters. The topological polar surface area (TPSA) is 282 Å². The first-order chi connectivity index (χ1) is 26.2. The summed E-state index contributed by atoms with van der Waals surface area (Å²) in [6.45, 7) is -0.579. The second kappa shape index (κ2) is 18.5. The number of aromatic hydroxyl groups is 2. The van der Waals surface area contributed by atoms with Crippen LogP contribution in [0, 0.1) is 0 Å². The molecule has 3 aliphatic rings. The number of aliphatic hydroxyl groups is 7. The van der Waals surface area contributed by atoms with Crippen molar-refractivity contribution in [1.82, 2.24) is 0 Å². The maximum absolute atomic E-state index is 13.4. The van der Waals surface area contributed by atoms with E-state index < -0.39 is 105 Å². The van der Waals surface area contributed by atoms with E-state index in [2.05, 4.69) is 0 Å². The number of aliphatic hydroxyl groups excluding tert-OH is 6. The third kappa shape index (κ3) is 9.84. The van der Waals surface area contributed by atoms with Gasteiger partial charge in [0, 0.05) is 6.08 Å². The zero-order valence-corrected chi connectivity index (χ0v) is 30.2. The highest BCUT2D eigenvalue weighted by Crippen LogP contribution is 2.34. The number of carbonyl (C=O) groups excluding carboxylic acids is 1. The van der Waals surface area contributed by atoms with Gasteiger partial charge < -0.3 is 88.6 Å². The number of ether oxygens (including phenoxy) is 9. The van der Waals surface area contributed by atoms with Crippen LogP contribution in [0.25, 0.3) is 6.08 Å². The molecule has 0 aromatic heterocycles. The Bertz CT molecular complexity index is 1610. The lowest BCUT2D eigenvalue weighted by molar-refractivity contribution is -0.360. The maximum Gasteiger partial charge on any atom is 0.331 e. The van der Waals surface area contributed by atoms with E-state index >= 15 is 0 Å². The SMILES string of the molecule is COc1ccc(CCO[C@@H]2O[C@H](CO[C@H]3OC[C@](O)(CO)[C@H]3O)[C@H](OC(=O)C=Cc3ccc(O)c(OC)c3)[C@@H](O[C@H]3O[C@@H](C)[C@@H](O)[C@H](O)[C@H]3O)[C@H]2O)cc1O. The fraction of sp³-hybridized carbons (Fsp3) is 0.583. The van der Waals surface area contributed by atoms with Crippen LogP contribution in [0.15, 0.2) is 42.5 Å². The van der Waals surface area contributed by atoms with Crippen molar-refractivity contribution in [3.8, 4) is 23.0 Å². The predicted octanol–water partition coefficient (Wildman–Crippen LogP) is -1.94. The Morgan fingerprint density at radius 3 is 2.27 bits per heavy atom. The quantitative estimate of drug-likeness (QED) is 0.0701. The first-order valence-electron chi connectivity index (χ1n) is 17.4. The predicted molar refractivity (Wildman–Crippen MR) is 184 cm³/mol. The molecule has 0 saturated carbocycles. The van der Waals surface area contributed by atoms with E-state index in [4.69, 9.17) is 42.6 Å². The normalized spacial score (nSPS) is 35.2.